The monoisotopic (exact) mass is 322 g/mol. The standard InChI is InChI=1S/C20H18O2S/c1-23-18-13-16(21)12-17(14-8-4-2-5-9-14)19(18)20(22)15-10-6-3-7-11-15/h2-11,13,17,19H,12H2,1H3/t17-,19+/m1/s1. The summed E-state index contributed by atoms with van der Waals surface area (Å²) in [6.45, 7) is 0. The fourth-order valence-corrected chi connectivity index (χ4v) is 3.91. The van der Waals surface area contributed by atoms with Gasteiger partial charge in [-0.05, 0) is 22.8 Å². The van der Waals surface area contributed by atoms with Crippen molar-refractivity contribution in [3.05, 3.63) is 82.8 Å². The van der Waals surface area contributed by atoms with Crippen LogP contribution in [-0.4, -0.2) is 17.8 Å². The number of benzene rings is 2. The molecule has 2 atom stereocenters. The van der Waals surface area contributed by atoms with Gasteiger partial charge in [-0.3, -0.25) is 9.59 Å². The second-order valence-electron chi connectivity index (χ2n) is 5.65. The molecule has 2 aromatic rings. The van der Waals surface area contributed by atoms with Crippen LogP contribution >= 0.6 is 11.8 Å². The first kappa shape index (κ1) is 15.8. The largest absolute Gasteiger partial charge is 0.295 e. The molecular formula is C20H18O2S. The van der Waals surface area contributed by atoms with Gasteiger partial charge < -0.3 is 0 Å². The molecule has 1 aliphatic carbocycles. The first-order valence-corrected chi connectivity index (χ1v) is 8.86. The molecule has 2 nitrogen and oxygen atoms in total. The number of thioether (sulfide) groups is 1. The van der Waals surface area contributed by atoms with Gasteiger partial charge in [-0.15, -0.1) is 11.8 Å². The quantitative estimate of drug-likeness (QED) is 0.778. The van der Waals surface area contributed by atoms with E-state index in [0.717, 1.165) is 10.5 Å². The molecule has 0 amide bonds. The Labute approximate surface area is 140 Å². The van der Waals surface area contributed by atoms with Crippen LogP contribution in [0.4, 0.5) is 0 Å². The van der Waals surface area contributed by atoms with E-state index in [9.17, 15) is 9.59 Å². The molecule has 0 heterocycles. The van der Waals surface area contributed by atoms with Gasteiger partial charge >= 0.3 is 0 Å². The van der Waals surface area contributed by atoms with Crippen LogP contribution in [0.1, 0.15) is 28.3 Å². The molecule has 0 aliphatic heterocycles. The van der Waals surface area contributed by atoms with E-state index >= 15 is 0 Å². The van der Waals surface area contributed by atoms with Crippen molar-refractivity contribution in [2.45, 2.75) is 12.3 Å². The summed E-state index contributed by atoms with van der Waals surface area (Å²) in [7, 11) is 0. The second-order valence-corrected chi connectivity index (χ2v) is 6.53. The highest BCUT2D eigenvalue weighted by Gasteiger charge is 2.37. The third-order valence-electron chi connectivity index (χ3n) is 4.24. The molecule has 1 aliphatic rings. The van der Waals surface area contributed by atoms with E-state index in [-0.39, 0.29) is 23.4 Å². The topological polar surface area (TPSA) is 34.1 Å². The number of rotatable bonds is 4. The Balaban J connectivity index is 2.05. The average molecular weight is 322 g/mol. The zero-order valence-electron chi connectivity index (χ0n) is 12.9. The van der Waals surface area contributed by atoms with Crippen molar-refractivity contribution in [3.8, 4) is 0 Å². The Morgan fingerprint density at radius 2 is 1.61 bits per heavy atom. The third-order valence-corrected chi connectivity index (χ3v) is 5.08. The average Bonchev–Trinajstić information content (AvgIpc) is 2.62. The molecule has 0 bridgehead atoms. The van der Waals surface area contributed by atoms with Crippen molar-refractivity contribution in [2.75, 3.05) is 6.26 Å². The molecule has 0 unspecified atom stereocenters. The smallest absolute Gasteiger partial charge is 0.171 e. The highest BCUT2D eigenvalue weighted by atomic mass is 32.2. The van der Waals surface area contributed by atoms with E-state index in [2.05, 4.69) is 0 Å². The lowest BCUT2D eigenvalue weighted by Gasteiger charge is -2.30. The van der Waals surface area contributed by atoms with Crippen molar-refractivity contribution >= 4 is 23.3 Å². The van der Waals surface area contributed by atoms with Crippen molar-refractivity contribution in [2.24, 2.45) is 5.92 Å². The van der Waals surface area contributed by atoms with Crippen molar-refractivity contribution in [1.29, 1.82) is 0 Å². The number of ketones is 2. The van der Waals surface area contributed by atoms with Crippen LogP contribution in [0.25, 0.3) is 0 Å². The van der Waals surface area contributed by atoms with E-state index in [1.54, 1.807) is 6.08 Å². The highest BCUT2D eigenvalue weighted by molar-refractivity contribution is 8.02. The predicted molar refractivity (Wildman–Crippen MR) is 94.7 cm³/mol. The summed E-state index contributed by atoms with van der Waals surface area (Å²) >= 11 is 1.50. The van der Waals surface area contributed by atoms with Crippen molar-refractivity contribution in [1.82, 2.24) is 0 Å². The lowest BCUT2D eigenvalue weighted by atomic mass is 9.75. The summed E-state index contributed by atoms with van der Waals surface area (Å²) in [4.78, 5) is 26.1. The van der Waals surface area contributed by atoms with Crippen LogP contribution in [0.3, 0.4) is 0 Å². The Bertz CT molecular complexity index is 735. The van der Waals surface area contributed by atoms with Crippen LogP contribution in [0.5, 0.6) is 0 Å². The predicted octanol–water partition coefficient (Wildman–Crippen LogP) is 4.49. The zero-order chi connectivity index (χ0) is 16.2. The lowest BCUT2D eigenvalue weighted by Crippen LogP contribution is -2.29. The summed E-state index contributed by atoms with van der Waals surface area (Å²) in [5.41, 5.74) is 1.75. The van der Waals surface area contributed by atoms with Gasteiger partial charge in [0.2, 0.25) is 0 Å². The van der Waals surface area contributed by atoms with E-state index in [0.29, 0.717) is 12.0 Å². The van der Waals surface area contributed by atoms with E-state index in [1.165, 1.54) is 11.8 Å². The van der Waals surface area contributed by atoms with Gasteiger partial charge in [0.05, 0.1) is 5.92 Å². The summed E-state index contributed by atoms with van der Waals surface area (Å²) in [5.74, 6) is -0.191. The fraction of sp³-hybridized carbons (Fsp3) is 0.200. The molecule has 0 radical (unpaired) electrons. The first-order valence-electron chi connectivity index (χ1n) is 7.63. The molecule has 0 aromatic heterocycles. The van der Waals surface area contributed by atoms with Gasteiger partial charge in [0.15, 0.2) is 11.6 Å². The molecule has 3 rings (SSSR count). The first-order chi connectivity index (χ1) is 11.2. The molecule has 0 spiro atoms. The summed E-state index contributed by atoms with van der Waals surface area (Å²) in [5, 5.41) is 0. The van der Waals surface area contributed by atoms with Crippen molar-refractivity contribution < 1.29 is 9.59 Å². The Morgan fingerprint density at radius 1 is 1.00 bits per heavy atom. The van der Waals surface area contributed by atoms with Crippen LogP contribution in [0, 0.1) is 5.92 Å². The fourth-order valence-electron chi connectivity index (χ4n) is 3.13. The molecule has 116 valence electrons. The maximum atomic E-state index is 13.1. The highest BCUT2D eigenvalue weighted by Crippen LogP contribution is 2.42. The van der Waals surface area contributed by atoms with Gasteiger partial charge in [0, 0.05) is 17.9 Å². The molecule has 0 saturated carbocycles. The van der Waals surface area contributed by atoms with E-state index < -0.39 is 0 Å². The molecular weight excluding hydrogens is 304 g/mol. The minimum Gasteiger partial charge on any atom is -0.295 e. The Morgan fingerprint density at radius 3 is 2.22 bits per heavy atom. The van der Waals surface area contributed by atoms with Crippen molar-refractivity contribution in [3.63, 3.8) is 0 Å². The number of hydrogen-bond acceptors (Lipinski definition) is 3. The van der Waals surface area contributed by atoms with Gasteiger partial charge in [-0.25, -0.2) is 0 Å². The SMILES string of the molecule is CSC1=CC(=O)C[C@H](c2ccccc2)[C@@H]1C(=O)c1ccccc1. The third kappa shape index (κ3) is 3.30. The molecule has 3 heteroatoms. The zero-order valence-corrected chi connectivity index (χ0v) is 13.8. The van der Waals surface area contributed by atoms with Gasteiger partial charge in [-0.2, -0.15) is 0 Å². The van der Waals surface area contributed by atoms with Gasteiger partial charge in [-0.1, -0.05) is 60.7 Å². The van der Waals surface area contributed by atoms with Gasteiger partial charge in [0.25, 0.3) is 0 Å². The second kappa shape index (κ2) is 6.97. The normalized spacial score (nSPS) is 20.9. The number of Topliss-reactive ketones (excluding diaryl/α,β-unsaturated/α-hetero) is 1. The van der Waals surface area contributed by atoms with E-state index in [1.807, 2.05) is 66.9 Å². The molecule has 23 heavy (non-hydrogen) atoms. The minimum absolute atomic E-state index is 0.0903. The lowest BCUT2D eigenvalue weighted by molar-refractivity contribution is -0.115. The maximum absolute atomic E-state index is 13.1. The Kier molecular flexibility index (Phi) is 4.77. The summed E-state index contributed by atoms with van der Waals surface area (Å²) in [6, 6.07) is 19.2. The van der Waals surface area contributed by atoms with Gasteiger partial charge in [0.1, 0.15) is 0 Å². The van der Waals surface area contributed by atoms with Crippen LogP contribution in [0.15, 0.2) is 71.6 Å². The maximum Gasteiger partial charge on any atom is 0.171 e. The molecule has 0 fully saturated rings. The van der Waals surface area contributed by atoms with E-state index in [4.69, 9.17) is 0 Å². The molecule has 2 aromatic carbocycles. The van der Waals surface area contributed by atoms with Crippen LogP contribution < -0.4 is 0 Å². The Hall–Kier alpha value is -2.13. The van der Waals surface area contributed by atoms with Crippen LogP contribution in [0.2, 0.25) is 0 Å². The summed E-state index contributed by atoms with van der Waals surface area (Å²) < 4.78 is 0. The molecule has 0 saturated heterocycles. The number of carbonyl (C=O) groups is 2. The minimum atomic E-state index is -0.285. The molecule has 0 N–H and O–H groups in total. The number of carbonyl (C=O) groups excluding carboxylic acids is 2. The number of allylic oxidation sites excluding steroid dienone is 2. The number of hydrogen-bond donors (Lipinski definition) is 0. The summed E-state index contributed by atoms with van der Waals surface area (Å²) in [6.07, 6.45) is 3.96. The van der Waals surface area contributed by atoms with Crippen LogP contribution in [-0.2, 0) is 4.79 Å².